The number of halogens is 2. The Balaban J connectivity index is 1.63. The van der Waals surface area contributed by atoms with E-state index in [1.54, 1.807) is 18.2 Å². The van der Waals surface area contributed by atoms with Crippen LogP contribution in [0.15, 0.2) is 36.5 Å². The fourth-order valence-electron chi connectivity index (χ4n) is 2.58. The van der Waals surface area contributed by atoms with Gasteiger partial charge in [-0.05, 0) is 30.7 Å². The van der Waals surface area contributed by atoms with Crippen LogP contribution < -0.4 is 10.2 Å². The van der Waals surface area contributed by atoms with Gasteiger partial charge in [0, 0.05) is 30.9 Å². The normalized spacial score (nSPS) is 17.3. The molecule has 0 saturated carbocycles. The highest BCUT2D eigenvalue weighted by Crippen LogP contribution is 2.26. The van der Waals surface area contributed by atoms with Crippen molar-refractivity contribution in [3.05, 3.63) is 57.5 Å². The first kappa shape index (κ1) is 15.5. The Morgan fingerprint density at radius 2 is 2.22 bits per heavy atom. The standard InChI is InChI=1S/C15H14ClFN4O2/c16-13-7-11(1-3-14(13)17)20-6-5-10(9-20)19-15-4-2-12(8-18-15)21(22)23/h1-4,7-8,10H,5-6,9H2,(H,18,19). The monoisotopic (exact) mass is 336 g/mol. The summed E-state index contributed by atoms with van der Waals surface area (Å²) in [4.78, 5) is 16.3. The third-order valence-corrected chi connectivity index (χ3v) is 4.06. The number of nitrogens with zero attached hydrogens (tertiary/aromatic N) is 3. The van der Waals surface area contributed by atoms with Crippen molar-refractivity contribution >= 4 is 28.8 Å². The Kier molecular flexibility index (Phi) is 4.29. The predicted octanol–water partition coefficient (Wildman–Crippen LogP) is 3.47. The van der Waals surface area contributed by atoms with Crippen molar-refractivity contribution in [1.82, 2.24) is 4.98 Å². The van der Waals surface area contributed by atoms with Gasteiger partial charge < -0.3 is 10.2 Å². The molecule has 1 unspecified atom stereocenters. The topological polar surface area (TPSA) is 71.3 Å². The Bertz CT molecular complexity index is 726. The van der Waals surface area contributed by atoms with Gasteiger partial charge in [0.2, 0.25) is 0 Å². The van der Waals surface area contributed by atoms with Crippen LogP contribution in [0.5, 0.6) is 0 Å². The van der Waals surface area contributed by atoms with Gasteiger partial charge in [-0.1, -0.05) is 11.6 Å². The molecule has 1 N–H and O–H groups in total. The molecule has 3 rings (SSSR count). The number of aromatic nitrogens is 1. The molecule has 0 bridgehead atoms. The highest BCUT2D eigenvalue weighted by Gasteiger charge is 2.23. The lowest BCUT2D eigenvalue weighted by atomic mass is 10.2. The zero-order chi connectivity index (χ0) is 16.4. The largest absolute Gasteiger partial charge is 0.369 e. The molecule has 6 nitrogen and oxygen atoms in total. The zero-order valence-electron chi connectivity index (χ0n) is 12.1. The second kappa shape index (κ2) is 6.37. The summed E-state index contributed by atoms with van der Waals surface area (Å²) in [6.07, 6.45) is 2.11. The zero-order valence-corrected chi connectivity index (χ0v) is 12.8. The molecule has 8 heteroatoms. The van der Waals surface area contributed by atoms with Gasteiger partial charge in [-0.15, -0.1) is 0 Å². The van der Waals surface area contributed by atoms with E-state index in [4.69, 9.17) is 11.6 Å². The van der Waals surface area contributed by atoms with Crippen molar-refractivity contribution in [2.24, 2.45) is 0 Å². The van der Waals surface area contributed by atoms with Crippen LogP contribution in [0.25, 0.3) is 0 Å². The lowest BCUT2D eigenvalue weighted by Gasteiger charge is -2.19. The van der Waals surface area contributed by atoms with Gasteiger partial charge >= 0.3 is 0 Å². The number of benzene rings is 1. The molecule has 1 aromatic heterocycles. The van der Waals surface area contributed by atoms with Gasteiger partial charge in [-0.25, -0.2) is 9.37 Å². The molecule has 1 fully saturated rings. The van der Waals surface area contributed by atoms with Crippen LogP contribution >= 0.6 is 11.6 Å². The van der Waals surface area contributed by atoms with E-state index in [0.29, 0.717) is 5.82 Å². The molecule has 1 saturated heterocycles. The maximum absolute atomic E-state index is 13.2. The molecular formula is C15H14ClFN4O2. The molecule has 2 aromatic rings. The Morgan fingerprint density at radius 1 is 1.39 bits per heavy atom. The number of nitrogens with one attached hydrogen (secondary N) is 1. The maximum Gasteiger partial charge on any atom is 0.287 e. The van der Waals surface area contributed by atoms with Crippen LogP contribution in [-0.4, -0.2) is 29.0 Å². The minimum absolute atomic E-state index is 0.0375. The van der Waals surface area contributed by atoms with Crippen LogP contribution in [-0.2, 0) is 0 Å². The first-order valence-electron chi connectivity index (χ1n) is 7.10. The lowest BCUT2D eigenvalue weighted by Crippen LogP contribution is -2.26. The molecule has 0 amide bonds. The molecule has 23 heavy (non-hydrogen) atoms. The second-order valence-electron chi connectivity index (χ2n) is 5.33. The predicted molar refractivity (Wildman–Crippen MR) is 86.5 cm³/mol. The number of anilines is 2. The summed E-state index contributed by atoms with van der Waals surface area (Å²) in [6, 6.07) is 7.85. The van der Waals surface area contributed by atoms with Crippen molar-refractivity contribution in [2.75, 3.05) is 23.3 Å². The van der Waals surface area contributed by atoms with Crippen LogP contribution in [0.2, 0.25) is 5.02 Å². The fourth-order valence-corrected chi connectivity index (χ4v) is 2.76. The van der Waals surface area contributed by atoms with E-state index in [0.717, 1.165) is 25.2 Å². The smallest absolute Gasteiger partial charge is 0.287 e. The van der Waals surface area contributed by atoms with Gasteiger partial charge in [0.05, 0.1) is 9.95 Å². The minimum Gasteiger partial charge on any atom is -0.369 e. The lowest BCUT2D eigenvalue weighted by molar-refractivity contribution is -0.385. The van der Waals surface area contributed by atoms with E-state index in [2.05, 4.69) is 15.2 Å². The molecule has 0 aliphatic carbocycles. The summed E-state index contributed by atoms with van der Waals surface area (Å²) in [6.45, 7) is 1.53. The Labute approximate surface area is 137 Å². The van der Waals surface area contributed by atoms with E-state index >= 15 is 0 Å². The van der Waals surface area contributed by atoms with Crippen LogP contribution in [0.3, 0.4) is 0 Å². The van der Waals surface area contributed by atoms with Gasteiger partial charge in [-0.3, -0.25) is 10.1 Å². The summed E-state index contributed by atoms with van der Waals surface area (Å²) in [5.74, 6) is 0.166. The number of rotatable bonds is 4. The molecule has 1 aliphatic heterocycles. The average Bonchev–Trinajstić information content (AvgIpc) is 2.99. The van der Waals surface area contributed by atoms with E-state index < -0.39 is 10.7 Å². The highest BCUT2D eigenvalue weighted by molar-refractivity contribution is 6.31. The molecule has 0 radical (unpaired) electrons. The van der Waals surface area contributed by atoms with Gasteiger partial charge in [0.25, 0.3) is 5.69 Å². The van der Waals surface area contributed by atoms with Crippen LogP contribution in [0.4, 0.5) is 21.6 Å². The SMILES string of the molecule is O=[N+]([O-])c1ccc(NC2CCN(c3ccc(F)c(Cl)c3)C2)nc1. The van der Waals surface area contributed by atoms with Crippen LogP contribution in [0.1, 0.15) is 6.42 Å². The minimum atomic E-state index is -0.480. The number of hydrogen-bond acceptors (Lipinski definition) is 5. The van der Waals surface area contributed by atoms with Gasteiger partial charge in [0.15, 0.2) is 0 Å². The molecule has 0 spiro atoms. The Morgan fingerprint density at radius 3 is 2.87 bits per heavy atom. The van der Waals surface area contributed by atoms with Gasteiger partial charge in [0.1, 0.15) is 17.8 Å². The van der Waals surface area contributed by atoms with Crippen molar-refractivity contribution in [2.45, 2.75) is 12.5 Å². The average molecular weight is 337 g/mol. The third kappa shape index (κ3) is 3.50. The quantitative estimate of drug-likeness (QED) is 0.683. The van der Waals surface area contributed by atoms with Crippen molar-refractivity contribution in [3.8, 4) is 0 Å². The summed E-state index contributed by atoms with van der Waals surface area (Å²) >= 11 is 5.82. The number of nitro groups is 1. The maximum atomic E-state index is 13.2. The number of pyridine rings is 1. The Hall–Kier alpha value is -2.41. The first-order chi connectivity index (χ1) is 11.0. The van der Waals surface area contributed by atoms with E-state index in [1.165, 1.54) is 18.3 Å². The molecular weight excluding hydrogens is 323 g/mol. The van der Waals surface area contributed by atoms with Crippen LogP contribution in [0, 0.1) is 15.9 Å². The molecule has 1 aromatic carbocycles. The summed E-state index contributed by atoms with van der Waals surface area (Å²) in [5.41, 5.74) is 0.835. The summed E-state index contributed by atoms with van der Waals surface area (Å²) < 4.78 is 13.2. The summed E-state index contributed by atoms with van der Waals surface area (Å²) in [7, 11) is 0. The molecule has 1 aliphatic rings. The van der Waals surface area contributed by atoms with Crippen molar-refractivity contribution in [1.29, 1.82) is 0 Å². The highest BCUT2D eigenvalue weighted by atomic mass is 35.5. The first-order valence-corrected chi connectivity index (χ1v) is 7.48. The second-order valence-corrected chi connectivity index (χ2v) is 5.74. The fraction of sp³-hybridized carbons (Fsp3) is 0.267. The third-order valence-electron chi connectivity index (χ3n) is 3.77. The van der Waals surface area contributed by atoms with E-state index in [9.17, 15) is 14.5 Å². The number of hydrogen-bond donors (Lipinski definition) is 1. The van der Waals surface area contributed by atoms with Crippen molar-refractivity contribution in [3.63, 3.8) is 0 Å². The van der Waals surface area contributed by atoms with E-state index in [-0.39, 0.29) is 16.8 Å². The molecule has 1 atom stereocenters. The van der Waals surface area contributed by atoms with Crippen molar-refractivity contribution < 1.29 is 9.31 Å². The summed E-state index contributed by atoms with van der Waals surface area (Å²) in [5, 5.41) is 14.0. The molecule has 120 valence electrons. The van der Waals surface area contributed by atoms with E-state index in [1.807, 2.05) is 0 Å². The van der Waals surface area contributed by atoms with Gasteiger partial charge in [-0.2, -0.15) is 0 Å². The molecule has 2 heterocycles.